The smallest absolute Gasteiger partial charge is 0.235 e. The van der Waals surface area contributed by atoms with E-state index in [9.17, 15) is 0 Å². The predicted molar refractivity (Wildman–Crippen MR) is 157 cm³/mol. The minimum Gasteiger partial charge on any atom is -0.259 e. The largest absolute Gasteiger partial charge is 0.259 e. The van der Waals surface area contributed by atoms with Crippen LogP contribution in [0.4, 0.5) is 46.5 Å². The van der Waals surface area contributed by atoms with Crippen molar-refractivity contribution in [3.05, 3.63) is 134 Å². The van der Waals surface area contributed by atoms with E-state index in [-0.39, 0.29) is 0 Å². The van der Waals surface area contributed by atoms with E-state index in [2.05, 4.69) is 39.9 Å². The molecule has 0 bridgehead atoms. The van der Waals surface area contributed by atoms with Gasteiger partial charge in [0.15, 0.2) is 11.6 Å². The monoisotopic (exact) mass is 548 g/mol. The van der Waals surface area contributed by atoms with Crippen LogP contribution in [0.2, 0.25) is 0 Å². The fraction of sp³-hybridized carbons (Fsp3) is 0. The molecule has 0 saturated carbocycles. The van der Waals surface area contributed by atoms with Gasteiger partial charge in [-0.05, 0) is 48.5 Å². The Kier molecular flexibility index (Phi) is 5.45. The van der Waals surface area contributed by atoms with Gasteiger partial charge in [-0.3, -0.25) is 19.6 Å². The summed E-state index contributed by atoms with van der Waals surface area (Å²) in [7, 11) is 0. The SMILES string of the molecule is c1cnc(N2C(=C3N(c4ncccn4)c4ccccc4N3c3ncccn3)N(c3ncccn3)c3ccccc32)nc1. The van der Waals surface area contributed by atoms with Crippen LogP contribution < -0.4 is 19.6 Å². The summed E-state index contributed by atoms with van der Waals surface area (Å²) >= 11 is 0. The molecule has 200 valence electrons. The first-order valence-electron chi connectivity index (χ1n) is 13.1. The molecule has 0 amide bonds. The van der Waals surface area contributed by atoms with E-state index in [1.54, 1.807) is 73.8 Å². The molecule has 0 spiro atoms. The number of benzene rings is 2. The summed E-state index contributed by atoms with van der Waals surface area (Å²) in [5, 5.41) is 0. The Bertz CT molecular complexity index is 1630. The highest BCUT2D eigenvalue weighted by molar-refractivity contribution is 5.97. The summed E-state index contributed by atoms with van der Waals surface area (Å²) in [6, 6.07) is 23.1. The van der Waals surface area contributed by atoms with Crippen LogP contribution in [0.15, 0.2) is 134 Å². The second-order valence-corrected chi connectivity index (χ2v) is 9.16. The van der Waals surface area contributed by atoms with Gasteiger partial charge in [-0.1, -0.05) is 24.3 Å². The van der Waals surface area contributed by atoms with Crippen molar-refractivity contribution in [1.29, 1.82) is 0 Å². The summed E-state index contributed by atoms with van der Waals surface area (Å²) in [6.45, 7) is 0. The molecule has 12 heteroatoms. The molecule has 6 aromatic rings. The third-order valence-corrected chi connectivity index (χ3v) is 6.78. The molecule has 8 rings (SSSR count). The highest BCUT2D eigenvalue weighted by Crippen LogP contribution is 2.54. The van der Waals surface area contributed by atoms with Gasteiger partial charge in [0.25, 0.3) is 0 Å². The van der Waals surface area contributed by atoms with Crippen LogP contribution in [0.25, 0.3) is 0 Å². The number of anilines is 8. The Balaban J connectivity index is 1.53. The Morgan fingerprint density at radius 2 is 0.500 bits per heavy atom. The molecule has 0 aliphatic carbocycles. The van der Waals surface area contributed by atoms with Crippen LogP contribution in [0.3, 0.4) is 0 Å². The molecule has 0 saturated heterocycles. The van der Waals surface area contributed by atoms with Gasteiger partial charge in [-0.2, -0.15) is 0 Å². The fourth-order valence-corrected chi connectivity index (χ4v) is 5.18. The zero-order valence-corrected chi connectivity index (χ0v) is 21.9. The zero-order valence-electron chi connectivity index (χ0n) is 21.9. The summed E-state index contributed by atoms with van der Waals surface area (Å²) < 4.78 is 0. The number of fused-ring (bicyclic) bond motifs is 2. The average molecular weight is 549 g/mol. The van der Waals surface area contributed by atoms with Crippen molar-refractivity contribution in [2.75, 3.05) is 19.6 Å². The second kappa shape index (κ2) is 9.71. The van der Waals surface area contributed by atoms with Crippen LogP contribution in [0.1, 0.15) is 0 Å². The van der Waals surface area contributed by atoms with Crippen molar-refractivity contribution in [3.63, 3.8) is 0 Å². The van der Waals surface area contributed by atoms with E-state index in [4.69, 9.17) is 0 Å². The number of hydrogen-bond acceptors (Lipinski definition) is 12. The van der Waals surface area contributed by atoms with Gasteiger partial charge >= 0.3 is 0 Å². The normalized spacial score (nSPS) is 13.9. The van der Waals surface area contributed by atoms with Gasteiger partial charge in [0, 0.05) is 49.6 Å². The Morgan fingerprint density at radius 3 is 0.714 bits per heavy atom. The number of rotatable bonds is 4. The Morgan fingerprint density at radius 1 is 0.286 bits per heavy atom. The molecular weight excluding hydrogens is 528 g/mol. The fourth-order valence-electron chi connectivity index (χ4n) is 5.18. The molecule has 6 heterocycles. The lowest BCUT2D eigenvalue weighted by molar-refractivity contribution is 0.914. The van der Waals surface area contributed by atoms with Crippen molar-refractivity contribution in [2.24, 2.45) is 0 Å². The maximum Gasteiger partial charge on any atom is 0.235 e. The quantitative estimate of drug-likeness (QED) is 0.286. The molecule has 12 nitrogen and oxygen atoms in total. The minimum atomic E-state index is 0.463. The maximum atomic E-state index is 4.67. The zero-order chi connectivity index (χ0) is 27.9. The van der Waals surface area contributed by atoms with Crippen LogP contribution in [-0.2, 0) is 0 Å². The third-order valence-electron chi connectivity index (χ3n) is 6.78. The lowest BCUT2D eigenvalue weighted by Gasteiger charge is -2.30. The molecule has 0 radical (unpaired) electrons. The minimum absolute atomic E-state index is 0.463. The van der Waals surface area contributed by atoms with Gasteiger partial charge in [-0.15, -0.1) is 0 Å². The van der Waals surface area contributed by atoms with E-state index in [0.29, 0.717) is 35.4 Å². The van der Waals surface area contributed by atoms with Crippen molar-refractivity contribution in [2.45, 2.75) is 0 Å². The van der Waals surface area contributed by atoms with E-state index in [1.807, 2.05) is 68.1 Å². The second-order valence-electron chi connectivity index (χ2n) is 9.16. The lowest BCUT2D eigenvalue weighted by Crippen LogP contribution is -2.35. The molecule has 2 aliphatic rings. The topological polar surface area (TPSA) is 116 Å². The Hall–Kier alpha value is -6.30. The standard InChI is InChI=1S/C30H20N12/c1-2-10-22-21(9-1)39(27-31-13-5-14-32-27)25(40(22)28-33-15-6-16-34-28)26-41(29-35-17-7-18-36-29)23-11-3-4-12-24(23)42(26)30-37-19-8-20-38-30/h1-20H. The molecule has 42 heavy (non-hydrogen) atoms. The number of para-hydroxylation sites is 4. The summed E-state index contributed by atoms with van der Waals surface area (Å²) in [4.78, 5) is 45.3. The average Bonchev–Trinajstić information content (AvgIpc) is 3.59. The van der Waals surface area contributed by atoms with Crippen molar-refractivity contribution in [1.82, 2.24) is 39.9 Å². The van der Waals surface area contributed by atoms with E-state index in [1.165, 1.54) is 0 Å². The summed E-state index contributed by atoms with van der Waals surface area (Å²) in [5.74, 6) is 3.14. The van der Waals surface area contributed by atoms with E-state index >= 15 is 0 Å². The van der Waals surface area contributed by atoms with Gasteiger partial charge in [-0.25, -0.2) is 39.9 Å². The molecule has 0 N–H and O–H groups in total. The molecule has 2 aliphatic heterocycles. The molecular formula is C30H20N12. The summed E-state index contributed by atoms with van der Waals surface area (Å²) in [5.41, 5.74) is 3.38. The molecule has 4 aromatic heterocycles. The van der Waals surface area contributed by atoms with Gasteiger partial charge in [0.2, 0.25) is 23.8 Å². The van der Waals surface area contributed by atoms with Crippen molar-refractivity contribution < 1.29 is 0 Å². The van der Waals surface area contributed by atoms with Crippen LogP contribution in [0, 0.1) is 0 Å². The van der Waals surface area contributed by atoms with Crippen LogP contribution in [0.5, 0.6) is 0 Å². The number of nitrogens with zero attached hydrogens (tertiary/aromatic N) is 12. The van der Waals surface area contributed by atoms with Gasteiger partial charge < -0.3 is 0 Å². The van der Waals surface area contributed by atoms with Gasteiger partial charge in [0.05, 0.1) is 22.7 Å². The van der Waals surface area contributed by atoms with E-state index < -0.39 is 0 Å². The van der Waals surface area contributed by atoms with Crippen LogP contribution in [-0.4, -0.2) is 39.9 Å². The maximum absolute atomic E-state index is 4.67. The lowest BCUT2D eigenvalue weighted by atomic mass is 10.2. The highest BCUT2D eigenvalue weighted by atomic mass is 15.5. The Labute approximate surface area is 240 Å². The molecule has 0 atom stereocenters. The van der Waals surface area contributed by atoms with Gasteiger partial charge in [0.1, 0.15) is 0 Å². The third kappa shape index (κ3) is 3.63. The first-order chi connectivity index (χ1) is 20.9. The number of hydrogen-bond donors (Lipinski definition) is 0. The first-order valence-corrected chi connectivity index (χ1v) is 13.1. The molecule has 0 unspecified atom stereocenters. The predicted octanol–water partition coefficient (Wildman–Crippen LogP) is 5.25. The van der Waals surface area contributed by atoms with Crippen molar-refractivity contribution >= 4 is 46.5 Å². The first kappa shape index (κ1) is 23.6. The van der Waals surface area contributed by atoms with E-state index in [0.717, 1.165) is 22.7 Å². The number of aromatic nitrogens is 8. The molecule has 0 fully saturated rings. The van der Waals surface area contributed by atoms with Crippen molar-refractivity contribution in [3.8, 4) is 0 Å². The van der Waals surface area contributed by atoms with Crippen LogP contribution >= 0.6 is 0 Å². The molecule has 2 aromatic carbocycles. The highest BCUT2D eigenvalue weighted by Gasteiger charge is 2.46. The summed E-state index contributed by atoms with van der Waals surface area (Å²) in [6.07, 6.45) is 13.7.